The minimum absolute atomic E-state index is 0.00287. The lowest BCUT2D eigenvalue weighted by Crippen LogP contribution is -2.42. The number of nitrogens with two attached hydrogens (primary N) is 1. The summed E-state index contributed by atoms with van der Waals surface area (Å²) in [6.07, 6.45) is 3.84. The van der Waals surface area contributed by atoms with Crippen molar-refractivity contribution in [3.8, 4) is 0 Å². The zero-order valence-electron chi connectivity index (χ0n) is 7.84. The molecule has 0 radical (unpaired) electrons. The highest BCUT2D eigenvalue weighted by molar-refractivity contribution is 6.06. The summed E-state index contributed by atoms with van der Waals surface area (Å²) in [6.45, 7) is 2.22. The van der Waals surface area contributed by atoms with Crippen LogP contribution in [0.4, 0.5) is 0 Å². The van der Waals surface area contributed by atoms with E-state index >= 15 is 0 Å². The smallest absolute Gasteiger partial charge is 0.254 e. The molecule has 0 aromatic rings. The first-order valence-corrected chi connectivity index (χ1v) is 4.79. The number of hydrogen-bond donors (Lipinski definition) is 2. The summed E-state index contributed by atoms with van der Waals surface area (Å²) < 4.78 is 0. The molecule has 1 heterocycles. The van der Waals surface area contributed by atoms with Crippen LogP contribution in [0.5, 0.6) is 0 Å². The van der Waals surface area contributed by atoms with Gasteiger partial charge in [0.15, 0.2) is 5.96 Å². The van der Waals surface area contributed by atoms with Gasteiger partial charge in [0.1, 0.15) is 5.54 Å². The third kappa shape index (κ3) is 1.30. The summed E-state index contributed by atoms with van der Waals surface area (Å²) in [4.78, 5) is 15.8. The minimum Gasteiger partial charge on any atom is -0.370 e. The summed E-state index contributed by atoms with van der Waals surface area (Å²) in [5.74, 6) is 1.01. The van der Waals surface area contributed by atoms with Gasteiger partial charge < -0.3 is 5.73 Å². The molecule has 0 saturated heterocycles. The van der Waals surface area contributed by atoms with Gasteiger partial charge in [-0.3, -0.25) is 10.1 Å². The van der Waals surface area contributed by atoms with Crippen molar-refractivity contribution in [1.82, 2.24) is 5.32 Å². The largest absolute Gasteiger partial charge is 0.370 e. The summed E-state index contributed by atoms with van der Waals surface area (Å²) in [6, 6.07) is 0. The van der Waals surface area contributed by atoms with E-state index in [-0.39, 0.29) is 5.91 Å². The summed E-state index contributed by atoms with van der Waals surface area (Å²) in [5.41, 5.74) is 4.98. The molecule has 0 aromatic heterocycles. The molecule has 0 atom stereocenters. The van der Waals surface area contributed by atoms with Gasteiger partial charge in [-0.15, -0.1) is 0 Å². The van der Waals surface area contributed by atoms with Crippen LogP contribution in [0, 0.1) is 5.92 Å². The fraction of sp³-hybridized carbons (Fsp3) is 0.778. The van der Waals surface area contributed by atoms with E-state index in [1.807, 2.05) is 0 Å². The lowest BCUT2D eigenvalue weighted by atomic mass is 9.77. The van der Waals surface area contributed by atoms with Crippen molar-refractivity contribution < 1.29 is 4.79 Å². The summed E-state index contributed by atoms with van der Waals surface area (Å²) >= 11 is 0. The molecule has 3 N–H and O–H groups in total. The Bertz CT molecular complexity index is 264. The van der Waals surface area contributed by atoms with Crippen LogP contribution in [0.2, 0.25) is 0 Å². The Balaban J connectivity index is 2.17. The van der Waals surface area contributed by atoms with Crippen LogP contribution in [0.1, 0.15) is 32.6 Å². The molecule has 1 aliphatic carbocycles. The third-order valence-electron chi connectivity index (χ3n) is 3.10. The van der Waals surface area contributed by atoms with Crippen LogP contribution >= 0.6 is 0 Å². The molecule has 1 saturated carbocycles. The predicted octanol–water partition coefficient (Wildman–Crippen LogP) is 0.380. The number of guanidine groups is 1. The van der Waals surface area contributed by atoms with Gasteiger partial charge >= 0.3 is 0 Å². The maximum Gasteiger partial charge on any atom is 0.254 e. The molecule has 0 aromatic carbocycles. The molecule has 1 spiro atoms. The first kappa shape index (κ1) is 8.53. The molecule has 1 fully saturated rings. The normalized spacial score (nSPS) is 39.0. The molecule has 1 amide bonds. The van der Waals surface area contributed by atoms with Crippen molar-refractivity contribution in [2.75, 3.05) is 0 Å². The maximum atomic E-state index is 11.6. The Morgan fingerprint density at radius 1 is 1.54 bits per heavy atom. The molecule has 72 valence electrons. The van der Waals surface area contributed by atoms with Crippen molar-refractivity contribution in [2.24, 2.45) is 16.6 Å². The highest BCUT2D eigenvalue weighted by Gasteiger charge is 2.44. The monoisotopic (exact) mass is 181 g/mol. The number of aliphatic imine (C=N–C) groups is 1. The highest BCUT2D eigenvalue weighted by Crippen LogP contribution is 2.36. The molecule has 1 aliphatic heterocycles. The lowest BCUT2D eigenvalue weighted by Gasteiger charge is -2.30. The molecule has 4 heteroatoms. The van der Waals surface area contributed by atoms with E-state index in [1.165, 1.54) is 0 Å². The van der Waals surface area contributed by atoms with Crippen molar-refractivity contribution in [3.05, 3.63) is 0 Å². The number of hydrogen-bond acceptors (Lipinski definition) is 3. The highest BCUT2D eigenvalue weighted by atomic mass is 16.2. The molecular formula is C9H15N3O. The maximum absolute atomic E-state index is 11.6. The number of amides is 1. The van der Waals surface area contributed by atoms with Gasteiger partial charge in [-0.2, -0.15) is 0 Å². The van der Waals surface area contributed by atoms with E-state index < -0.39 is 5.54 Å². The zero-order valence-corrected chi connectivity index (χ0v) is 7.84. The quantitative estimate of drug-likeness (QED) is 0.567. The predicted molar refractivity (Wildman–Crippen MR) is 50.1 cm³/mol. The molecule has 0 bridgehead atoms. The molecule has 2 aliphatic rings. The molecular weight excluding hydrogens is 166 g/mol. The number of carbonyl (C=O) groups is 1. The van der Waals surface area contributed by atoms with E-state index in [1.54, 1.807) is 0 Å². The van der Waals surface area contributed by atoms with E-state index in [0.29, 0.717) is 5.96 Å². The second-order valence-corrected chi connectivity index (χ2v) is 4.17. The average Bonchev–Trinajstić information content (AvgIpc) is 2.34. The minimum atomic E-state index is -0.503. The molecule has 2 rings (SSSR count). The lowest BCUT2D eigenvalue weighted by molar-refractivity contribution is -0.125. The second kappa shape index (κ2) is 2.72. The molecule has 0 unspecified atom stereocenters. The first-order chi connectivity index (χ1) is 6.12. The number of nitrogens with zero attached hydrogens (tertiary/aromatic N) is 1. The van der Waals surface area contributed by atoms with Crippen LogP contribution in [0.3, 0.4) is 0 Å². The van der Waals surface area contributed by atoms with Crippen molar-refractivity contribution >= 4 is 11.9 Å². The van der Waals surface area contributed by atoms with Gasteiger partial charge in [-0.25, -0.2) is 4.99 Å². The summed E-state index contributed by atoms with van der Waals surface area (Å²) in [5, 5.41) is 2.58. The van der Waals surface area contributed by atoms with Crippen LogP contribution in [-0.4, -0.2) is 17.4 Å². The van der Waals surface area contributed by atoms with Crippen molar-refractivity contribution in [1.29, 1.82) is 0 Å². The van der Waals surface area contributed by atoms with E-state index in [2.05, 4.69) is 17.2 Å². The van der Waals surface area contributed by atoms with Gasteiger partial charge in [0, 0.05) is 0 Å². The number of rotatable bonds is 0. The van der Waals surface area contributed by atoms with Gasteiger partial charge in [0.05, 0.1) is 0 Å². The van der Waals surface area contributed by atoms with E-state index in [4.69, 9.17) is 5.73 Å². The Morgan fingerprint density at radius 2 is 2.15 bits per heavy atom. The Morgan fingerprint density at radius 3 is 2.62 bits per heavy atom. The average molecular weight is 181 g/mol. The number of carbonyl (C=O) groups excluding carboxylic acids is 1. The van der Waals surface area contributed by atoms with Crippen LogP contribution in [0.15, 0.2) is 4.99 Å². The summed E-state index contributed by atoms with van der Waals surface area (Å²) in [7, 11) is 0. The fourth-order valence-electron chi connectivity index (χ4n) is 2.12. The van der Waals surface area contributed by atoms with Gasteiger partial charge in [-0.1, -0.05) is 6.92 Å². The fourth-order valence-corrected chi connectivity index (χ4v) is 2.12. The Labute approximate surface area is 77.6 Å². The van der Waals surface area contributed by atoms with Crippen LogP contribution in [0.25, 0.3) is 0 Å². The molecule has 4 nitrogen and oxygen atoms in total. The first-order valence-electron chi connectivity index (χ1n) is 4.79. The Hall–Kier alpha value is -1.06. The van der Waals surface area contributed by atoms with E-state index in [0.717, 1.165) is 31.6 Å². The zero-order chi connectivity index (χ0) is 9.47. The van der Waals surface area contributed by atoms with Crippen molar-refractivity contribution in [2.45, 2.75) is 38.1 Å². The standard InChI is InChI=1S/C9H15N3O/c1-6-2-4-9(5-3-6)7(13)11-8(10)12-9/h6H,2-5H2,1H3,(H3,10,11,12,13). The molecule has 13 heavy (non-hydrogen) atoms. The SMILES string of the molecule is CC1CCC2(CC1)N=C(N)NC2=O. The second-order valence-electron chi connectivity index (χ2n) is 4.17. The van der Waals surface area contributed by atoms with Gasteiger partial charge in [-0.05, 0) is 31.6 Å². The number of nitrogens with one attached hydrogen (secondary N) is 1. The third-order valence-corrected chi connectivity index (χ3v) is 3.10. The Kier molecular flexibility index (Phi) is 1.78. The van der Waals surface area contributed by atoms with E-state index in [9.17, 15) is 4.79 Å². The topological polar surface area (TPSA) is 67.5 Å². The van der Waals surface area contributed by atoms with Crippen LogP contribution in [-0.2, 0) is 4.79 Å². The van der Waals surface area contributed by atoms with Gasteiger partial charge in [0.25, 0.3) is 5.91 Å². The van der Waals surface area contributed by atoms with Crippen molar-refractivity contribution in [3.63, 3.8) is 0 Å². The van der Waals surface area contributed by atoms with Crippen LogP contribution < -0.4 is 11.1 Å². The van der Waals surface area contributed by atoms with Gasteiger partial charge in [0.2, 0.25) is 0 Å².